The highest BCUT2D eigenvalue weighted by molar-refractivity contribution is 5.64. The third-order valence-corrected chi connectivity index (χ3v) is 4.20. The number of carbonyl (C=O) groups is 1. The van der Waals surface area contributed by atoms with Crippen molar-refractivity contribution in [3.05, 3.63) is 29.6 Å². The monoisotopic (exact) mass is 249 g/mol. The number of hydrogen-bond acceptors (Lipinski definition) is 2. The third kappa shape index (κ3) is 2.26. The van der Waals surface area contributed by atoms with Crippen molar-refractivity contribution in [1.82, 2.24) is 0 Å². The molecule has 1 aliphatic heterocycles. The molecule has 18 heavy (non-hydrogen) atoms. The van der Waals surface area contributed by atoms with Gasteiger partial charge in [0.25, 0.3) is 0 Å². The molecule has 0 saturated carbocycles. The number of nitrogens with zero attached hydrogens (tertiary/aromatic N) is 1. The van der Waals surface area contributed by atoms with Gasteiger partial charge in [0.2, 0.25) is 0 Å². The molecule has 0 radical (unpaired) electrons. The van der Waals surface area contributed by atoms with E-state index in [0.717, 1.165) is 37.8 Å². The highest BCUT2D eigenvalue weighted by atomic mass is 19.1. The Kier molecular flexibility index (Phi) is 3.69. The molecule has 1 aliphatic rings. The second-order valence-electron chi connectivity index (χ2n) is 5.13. The van der Waals surface area contributed by atoms with Crippen molar-refractivity contribution in [2.45, 2.75) is 33.1 Å². The van der Waals surface area contributed by atoms with Crippen LogP contribution in [0.25, 0.3) is 0 Å². The highest BCUT2D eigenvalue weighted by Crippen LogP contribution is 2.33. The summed E-state index contributed by atoms with van der Waals surface area (Å²) in [5, 5.41) is 0. The lowest BCUT2D eigenvalue weighted by atomic mass is 9.83. The van der Waals surface area contributed by atoms with Gasteiger partial charge in [-0.1, -0.05) is 19.9 Å². The maximum absolute atomic E-state index is 13.3. The number of hydrogen-bond donors (Lipinski definition) is 0. The zero-order chi connectivity index (χ0) is 13.2. The summed E-state index contributed by atoms with van der Waals surface area (Å²) >= 11 is 0. The molecule has 0 amide bonds. The predicted octanol–water partition coefficient (Wildman–Crippen LogP) is 3.19. The van der Waals surface area contributed by atoms with Gasteiger partial charge in [-0.15, -0.1) is 0 Å². The third-order valence-electron chi connectivity index (χ3n) is 4.20. The number of carbonyl (C=O) groups excluding carboxylic acids is 1. The van der Waals surface area contributed by atoms with E-state index in [1.807, 2.05) is 19.9 Å². The van der Waals surface area contributed by atoms with Crippen LogP contribution in [0.2, 0.25) is 0 Å². The van der Waals surface area contributed by atoms with Crippen molar-refractivity contribution >= 4 is 12.0 Å². The minimum atomic E-state index is -0.298. The van der Waals surface area contributed by atoms with E-state index < -0.39 is 0 Å². The van der Waals surface area contributed by atoms with Gasteiger partial charge in [0.15, 0.2) is 0 Å². The smallest absolute Gasteiger partial charge is 0.127 e. The Morgan fingerprint density at radius 1 is 1.39 bits per heavy atom. The Hall–Kier alpha value is -1.38. The van der Waals surface area contributed by atoms with E-state index in [9.17, 15) is 9.18 Å². The van der Waals surface area contributed by atoms with Crippen molar-refractivity contribution in [2.75, 3.05) is 18.0 Å². The molecule has 0 N–H and O–H groups in total. The Morgan fingerprint density at radius 2 is 2.11 bits per heavy atom. The molecule has 0 aliphatic carbocycles. The van der Waals surface area contributed by atoms with Crippen LogP contribution in [0.15, 0.2) is 18.2 Å². The number of aldehydes is 1. The first kappa shape index (κ1) is 13.1. The van der Waals surface area contributed by atoms with E-state index in [2.05, 4.69) is 4.90 Å². The fraction of sp³-hybridized carbons (Fsp3) is 0.533. The second kappa shape index (κ2) is 5.09. The van der Waals surface area contributed by atoms with Crippen LogP contribution < -0.4 is 4.90 Å². The van der Waals surface area contributed by atoms with Gasteiger partial charge in [0.05, 0.1) is 0 Å². The van der Waals surface area contributed by atoms with Crippen LogP contribution >= 0.6 is 0 Å². The molecule has 1 heterocycles. The molecular formula is C15H20FNO. The van der Waals surface area contributed by atoms with E-state index in [0.29, 0.717) is 6.54 Å². The average Bonchev–Trinajstić information content (AvgIpc) is 2.78. The summed E-state index contributed by atoms with van der Waals surface area (Å²) in [7, 11) is 0. The molecule has 98 valence electrons. The van der Waals surface area contributed by atoms with E-state index in [4.69, 9.17) is 0 Å². The van der Waals surface area contributed by atoms with Gasteiger partial charge in [-0.2, -0.15) is 0 Å². The van der Waals surface area contributed by atoms with Crippen molar-refractivity contribution in [1.29, 1.82) is 0 Å². The summed E-state index contributed by atoms with van der Waals surface area (Å²) in [6.45, 7) is 5.66. The minimum Gasteiger partial charge on any atom is -0.370 e. The molecule has 2 nitrogen and oxygen atoms in total. The number of halogens is 1. The lowest BCUT2D eigenvalue weighted by Crippen LogP contribution is -2.37. The largest absolute Gasteiger partial charge is 0.370 e. The van der Waals surface area contributed by atoms with Gasteiger partial charge in [0.1, 0.15) is 12.1 Å². The van der Waals surface area contributed by atoms with Crippen molar-refractivity contribution < 1.29 is 9.18 Å². The fourth-order valence-electron chi connectivity index (χ4n) is 2.64. The number of anilines is 1. The Labute approximate surface area is 108 Å². The van der Waals surface area contributed by atoms with Crippen molar-refractivity contribution in [2.24, 2.45) is 5.41 Å². The van der Waals surface area contributed by atoms with Gasteiger partial charge in [-0.05, 0) is 37.0 Å². The van der Waals surface area contributed by atoms with Gasteiger partial charge < -0.3 is 9.69 Å². The zero-order valence-electron chi connectivity index (χ0n) is 11.1. The first-order valence-corrected chi connectivity index (χ1v) is 6.64. The molecule has 0 unspecified atom stereocenters. The van der Waals surface area contributed by atoms with Gasteiger partial charge >= 0.3 is 0 Å². The second-order valence-corrected chi connectivity index (χ2v) is 5.13. The minimum absolute atomic E-state index is 0.203. The van der Waals surface area contributed by atoms with Crippen molar-refractivity contribution in [3.63, 3.8) is 0 Å². The summed E-state index contributed by atoms with van der Waals surface area (Å²) in [4.78, 5) is 13.5. The van der Waals surface area contributed by atoms with E-state index in [1.54, 1.807) is 6.07 Å². The summed E-state index contributed by atoms with van der Waals surface area (Å²) in [6, 6.07) is 4.95. The summed E-state index contributed by atoms with van der Waals surface area (Å²) in [5.41, 5.74) is 1.85. The predicted molar refractivity (Wildman–Crippen MR) is 71.4 cm³/mol. The molecule has 0 aromatic heterocycles. The molecule has 0 saturated heterocycles. The molecule has 0 spiro atoms. The maximum Gasteiger partial charge on any atom is 0.127 e. The van der Waals surface area contributed by atoms with Gasteiger partial charge in [0, 0.05) is 24.2 Å². The summed E-state index contributed by atoms with van der Waals surface area (Å²) < 4.78 is 13.3. The number of fused-ring (bicyclic) bond motifs is 1. The van der Waals surface area contributed by atoms with Crippen molar-refractivity contribution in [3.8, 4) is 0 Å². The lowest BCUT2D eigenvalue weighted by Gasteiger charge is -2.32. The molecule has 0 fully saturated rings. The molecule has 0 atom stereocenters. The maximum atomic E-state index is 13.3. The molecule has 2 rings (SSSR count). The van der Waals surface area contributed by atoms with Crippen LogP contribution in [0, 0.1) is 11.2 Å². The summed E-state index contributed by atoms with van der Waals surface area (Å²) in [5.74, 6) is -0.203. The zero-order valence-corrected chi connectivity index (χ0v) is 11.1. The van der Waals surface area contributed by atoms with Crippen LogP contribution in [0.1, 0.15) is 32.3 Å². The van der Waals surface area contributed by atoms with Crippen LogP contribution in [-0.4, -0.2) is 19.4 Å². The topological polar surface area (TPSA) is 20.3 Å². The molecular weight excluding hydrogens is 229 g/mol. The van der Waals surface area contributed by atoms with Crippen LogP contribution in [0.5, 0.6) is 0 Å². The number of rotatable bonds is 5. The SMILES string of the molecule is CCC(C=O)(CC)CN1CCc2ccc(F)cc21. The van der Waals surface area contributed by atoms with Crippen LogP contribution in [-0.2, 0) is 11.2 Å². The van der Waals surface area contributed by atoms with E-state index >= 15 is 0 Å². The molecule has 0 bridgehead atoms. The first-order chi connectivity index (χ1) is 8.64. The van der Waals surface area contributed by atoms with Crippen LogP contribution in [0.3, 0.4) is 0 Å². The standard InChI is InChI=1S/C15H20FNO/c1-3-15(4-2,11-18)10-17-8-7-12-5-6-13(16)9-14(12)17/h5-6,9,11H,3-4,7-8,10H2,1-2H3. The number of benzene rings is 1. The van der Waals surface area contributed by atoms with Crippen LogP contribution in [0.4, 0.5) is 10.1 Å². The first-order valence-electron chi connectivity index (χ1n) is 6.64. The van der Waals surface area contributed by atoms with Gasteiger partial charge in [-0.25, -0.2) is 4.39 Å². The van der Waals surface area contributed by atoms with E-state index in [1.165, 1.54) is 11.6 Å². The normalized spacial score (nSPS) is 14.7. The fourth-order valence-corrected chi connectivity index (χ4v) is 2.64. The summed E-state index contributed by atoms with van der Waals surface area (Å²) in [6.07, 6.45) is 3.67. The Morgan fingerprint density at radius 3 is 2.72 bits per heavy atom. The Balaban J connectivity index is 2.23. The average molecular weight is 249 g/mol. The molecule has 3 heteroatoms. The Bertz CT molecular complexity index is 440. The molecule has 1 aromatic rings. The quantitative estimate of drug-likeness (QED) is 0.747. The highest BCUT2D eigenvalue weighted by Gasteiger charge is 2.31. The van der Waals surface area contributed by atoms with E-state index in [-0.39, 0.29) is 11.2 Å². The molecule has 1 aromatic carbocycles. The van der Waals surface area contributed by atoms with Gasteiger partial charge in [-0.3, -0.25) is 0 Å². The lowest BCUT2D eigenvalue weighted by molar-refractivity contribution is -0.116.